The highest BCUT2D eigenvalue weighted by molar-refractivity contribution is 7.16. The molecule has 2 aromatic rings. The monoisotopic (exact) mass is 413 g/mol. The summed E-state index contributed by atoms with van der Waals surface area (Å²) in [5.74, 6) is 1.39. The number of methoxy groups -OCH3 is 1. The van der Waals surface area contributed by atoms with E-state index in [-0.39, 0.29) is 6.10 Å². The van der Waals surface area contributed by atoms with Crippen LogP contribution in [0.25, 0.3) is 0 Å². The highest BCUT2D eigenvalue weighted by Gasteiger charge is 2.32. The number of fused-ring (bicyclic) bond motifs is 2. The predicted octanol–water partition coefficient (Wildman–Crippen LogP) is 4.44. The van der Waals surface area contributed by atoms with E-state index in [1.807, 2.05) is 6.07 Å². The molecule has 4 rings (SSSR count). The lowest BCUT2D eigenvalue weighted by molar-refractivity contribution is 0.0564. The van der Waals surface area contributed by atoms with Gasteiger partial charge in [0.05, 0.1) is 22.5 Å². The summed E-state index contributed by atoms with van der Waals surface area (Å²) in [7, 11) is 4.00. The molecule has 2 aliphatic heterocycles. The van der Waals surface area contributed by atoms with Crippen LogP contribution in [0.15, 0.2) is 29.3 Å². The summed E-state index contributed by atoms with van der Waals surface area (Å²) in [4.78, 5) is 15.0. The number of amidine groups is 1. The maximum absolute atomic E-state index is 5.54. The van der Waals surface area contributed by atoms with Gasteiger partial charge in [0.2, 0.25) is 0 Å². The highest BCUT2D eigenvalue weighted by Crippen LogP contribution is 2.39. The summed E-state index contributed by atoms with van der Waals surface area (Å²) in [6.45, 7) is 9.42. The number of aliphatic imine (C=N–C) groups is 1. The number of piperazine rings is 1. The first-order valence-corrected chi connectivity index (χ1v) is 11.2. The van der Waals surface area contributed by atoms with Crippen LogP contribution in [-0.2, 0) is 4.74 Å². The van der Waals surface area contributed by atoms with Crippen LogP contribution in [0.1, 0.15) is 43.8 Å². The molecule has 1 aromatic heterocycles. The lowest BCUT2D eigenvalue weighted by Gasteiger charge is -2.41. The molecule has 1 N–H and O–H groups in total. The summed E-state index contributed by atoms with van der Waals surface area (Å²) >= 11 is 1.74. The Bertz CT molecular complexity index is 893. The minimum atomic E-state index is 0.239. The van der Waals surface area contributed by atoms with E-state index in [1.165, 1.54) is 0 Å². The second-order valence-corrected chi connectivity index (χ2v) is 9.36. The van der Waals surface area contributed by atoms with Gasteiger partial charge in [-0.15, -0.1) is 11.3 Å². The zero-order valence-electron chi connectivity index (χ0n) is 18.0. The Morgan fingerprint density at radius 1 is 1.24 bits per heavy atom. The SMILES string of the molecule is CO[C@@H](C)CC1CN(C2=Nc3ccccc3Nc3sc(C(C)C)nc32)CCN1C. The third-order valence-corrected chi connectivity index (χ3v) is 7.08. The molecule has 7 heteroatoms. The fraction of sp³-hybridized carbons (Fsp3) is 0.545. The normalized spacial score (nSPS) is 20.6. The Morgan fingerprint density at radius 3 is 2.79 bits per heavy atom. The van der Waals surface area contributed by atoms with Crippen molar-refractivity contribution < 1.29 is 4.74 Å². The Morgan fingerprint density at radius 2 is 2.03 bits per heavy atom. The molecule has 2 aliphatic rings. The number of aromatic nitrogens is 1. The van der Waals surface area contributed by atoms with Gasteiger partial charge in [0.1, 0.15) is 10.7 Å². The number of para-hydroxylation sites is 2. The van der Waals surface area contributed by atoms with E-state index in [9.17, 15) is 0 Å². The third kappa shape index (κ3) is 4.17. The number of rotatable bonds is 4. The molecular formula is C22H31N5OS. The summed E-state index contributed by atoms with van der Waals surface area (Å²) < 4.78 is 5.54. The van der Waals surface area contributed by atoms with Crippen molar-refractivity contribution in [1.82, 2.24) is 14.8 Å². The molecule has 6 nitrogen and oxygen atoms in total. The Kier molecular flexibility index (Phi) is 5.90. The molecule has 0 aliphatic carbocycles. The van der Waals surface area contributed by atoms with Crippen LogP contribution >= 0.6 is 11.3 Å². The van der Waals surface area contributed by atoms with Crippen LogP contribution in [0, 0.1) is 0 Å². The van der Waals surface area contributed by atoms with Crippen molar-refractivity contribution in [2.45, 2.75) is 45.3 Å². The van der Waals surface area contributed by atoms with Gasteiger partial charge >= 0.3 is 0 Å². The van der Waals surface area contributed by atoms with Crippen molar-refractivity contribution in [3.63, 3.8) is 0 Å². The summed E-state index contributed by atoms with van der Waals surface area (Å²) in [6.07, 6.45) is 1.25. The summed E-state index contributed by atoms with van der Waals surface area (Å²) in [5, 5.41) is 5.84. The van der Waals surface area contributed by atoms with Gasteiger partial charge in [-0.2, -0.15) is 0 Å². The van der Waals surface area contributed by atoms with Crippen molar-refractivity contribution in [2.75, 3.05) is 39.1 Å². The van der Waals surface area contributed by atoms with Crippen LogP contribution < -0.4 is 5.32 Å². The van der Waals surface area contributed by atoms with Gasteiger partial charge in [0.15, 0.2) is 5.84 Å². The first-order valence-electron chi connectivity index (χ1n) is 10.4. The molecule has 1 unspecified atom stereocenters. The minimum Gasteiger partial charge on any atom is -0.382 e. The maximum atomic E-state index is 5.54. The smallest absolute Gasteiger partial charge is 0.158 e. The van der Waals surface area contributed by atoms with Gasteiger partial charge < -0.3 is 15.0 Å². The molecule has 0 saturated carbocycles. The topological polar surface area (TPSA) is 53.0 Å². The van der Waals surface area contributed by atoms with Crippen molar-refractivity contribution in [2.24, 2.45) is 4.99 Å². The third-order valence-electron chi connectivity index (χ3n) is 5.81. The lowest BCUT2D eigenvalue weighted by Crippen LogP contribution is -2.54. The molecular weight excluding hydrogens is 382 g/mol. The molecule has 156 valence electrons. The number of benzene rings is 1. The van der Waals surface area contributed by atoms with E-state index < -0.39 is 0 Å². The van der Waals surface area contributed by atoms with E-state index >= 15 is 0 Å². The standard InChI is InChI=1S/C22H31N5OS/c1-14(2)21-25-19-20(23-17-8-6-7-9-18(17)24-22(19)29-21)27-11-10-26(4)16(13-27)12-15(3)28-5/h6-9,14-16,24H,10-13H2,1-5H3/t15-,16?/m0/s1. The first-order chi connectivity index (χ1) is 14.0. The quantitative estimate of drug-likeness (QED) is 0.803. The second-order valence-electron chi connectivity index (χ2n) is 8.32. The molecule has 0 radical (unpaired) electrons. The zero-order valence-corrected chi connectivity index (χ0v) is 18.8. The molecule has 2 atom stereocenters. The fourth-order valence-corrected chi connectivity index (χ4v) is 4.86. The van der Waals surface area contributed by atoms with Gasteiger partial charge in [0, 0.05) is 38.7 Å². The second kappa shape index (κ2) is 8.42. The van der Waals surface area contributed by atoms with Crippen LogP contribution in [-0.4, -0.2) is 66.6 Å². The predicted molar refractivity (Wildman–Crippen MR) is 121 cm³/mol. The van der Waals surface area contributed by atoms with E-state index in [0.29, 0.717) is 12.0 Å². The van der Waals surface area contributed by atoms with Gasteiger partial charge in [-0.1, -0.05) is 26.0 Å². The summed E-state index contributed by atoms with van der Waals surface area (Å²) in [5.41, 5.74) is 3.00. The van der Waals surface area contributed by atoms with E-state index in [2.05, 4.69) is 61.1 Å². The lowest BCUT2D eigenvalue weighted by atomic mass is 10.1. The van der Waals surface area contributed by atoms with Gasteiger partial charge in [-0.3, -0.25) is 4.90 Å². The van der Waals surface area contributed by atoms with Gasteiger partial charge in [-0.05, 0) is 32.5 Å². The van der Waals surface area contributed by atoms with Crippen molar-refractivity contribution >= 4 is 33.5 Å². The first kappa shape index (κ1) is 20.3. The number of hydrogen-bond donors (Lipinski definition) is 1. The van der Waals surface area contributed by atoms with Crippen LogP contribution in [0.2, 0.25) is 0 Å². The summed E-state index contributed by atoms with van der Waals surface area (Å²) in [6, 6.07) is 8.69. The number of hydrogen-bond acceptors (Lipinski definition) is 7. The van der Waals surface area contributed by atoms with E-state index in [0.717, 1.165) is 59.0 Å². The molecule has 1 fully saturated rings. The molecule has 1 saturated heterocycles. The highest BCUT2D eigenvalue weighted by atomic mass is 32.1. The van der Waals surface area contributed by atoms with E-state index in [1.54, 1.807) is 18.4 Å². The van der Waals surface area contributed by atoms with Crippen molar-refractivity contribution in [1.29, 1.82) is 0 Å². The van der Waals surface area contributed by atoms with Crippen LogP contribution in [0.3, 0.4) is 0 Å². The molecule has 29 heavy (non-hydrogen) atoms. The molecule has 1 aromatic carbocycles. The Balaban J connectivity index is 1.72. The molecule has 0 amide bonds. The zero-order chi connectivity index (χ0) is 20.5. The van der Waals surface area contributed by atoms with Crippen LogP contribution in [0.5, 0.6) is 0 Å². The number of nitrogens with zero attached hydrogens (tertiary/aromatic N) is 4. The average molecular weight is 414 g/mol. The van der Waals surface area contributed by atoms with Gasteiger partial charge in [-0.25, -0.2) is 9.98 Å². The molecule has 0 spiro atoms. The molecule has 3 heterocycles. The minimum absolute atomic E-state index is 0.239. The maximum Gasteiger partial charge on any atom is 0.158 e. The van der Waals surface area contributed by atoms with E-state index in [4.69, 9.17) is 14.7 Å². The Hall–Kier alpha value is -1.96. The number of likely N-dealkylation sites (N-methyl/N-ethyl adjacent to an activating group) is 1. The average Bonchev–Trinajstić information content (AvgIpc) is 3.06. The number of ether oxygens (including phenoxy) is 1. The number of nitrogens with one attached hydrogen (secondary N) is 1. The molecule has 0 bridgehead atoms. The largest absolute Gasteiger partial charge is 0.382 e. The van der Waals surface area contributed by atoms with Crippen LogP contribution in [0.4, 0.5) is 16.4 Å². The Labute approximate surface area is 177 Å². The van der Waals surface area contributed by atoms with Crippen molar-refractivity contribution in [3.05, 3.63) is 35.0 Å². The fourth-order valence-electron chi connectivity index (χ4n) is 3.88. The van der Waals surface area contributed by atoms with Gasteiger partial charge in [0.25, 0.3) is 0 Å². The number of anilines is 2. The van der Waals surface area contributed by atoms with Crippen molar-refractivity contribution in [3.8, 4) is 0 Å². The number of thiazole rings is 1.